The monoisotopic (exact) mass is 545 g/mol. The predicted molar refractivity (Wildman–Crippen MR) is 134 cm³/mol. The molecule has 1 aliphatic heterocycles. The van der Waals surface area contributed by atoms with Crippen molar-refractivity contribution in [2.45, 2.75) is 39.3 Å². The highest BCUT2D eigenvalue weighted by molar-refractivity contribution is 14.0. The number of piperidine rings is 1. The first kappa shape index (κ1) is 25.0. The van der Waals surface area contributed by atoms with Gasteiger partial charge in [0.05, 0.1) is 10.7 Å². The summed E-state index contributed by atoms with van der Waals surface area (Å²) in [6.45, 7) is 6.90. The van der Waals surface area contributed by atoms with Crippen molar-refractivity contribution in [2.24, 2.45) is 10.9 Å². The predicted octanol–water partition coefficient (Wildman–Crippen LogP) is 4.38. The number of hydrogen-bond acceptors (Lipinski definition) is 4. The van der Waals surface area contributed by atoms with Crippen LogP contribution < -0.4 is 5.32 Å². The second-order valence-electron chi connectivity index (χ2n) is 7.72. The normalized spacial score (nSPS) is 15.7. The molecule has 1 fully saturated rings. The third-order valence-corrected chi connectivity index (χ3v) is 6.47. The van der Waals surface area contributed by atoms with Gasteiger partial charge in [-0.3, -0.25) is 9.89 Å². The maximum absolute atomic E-state index is 13.4. The number of nitrogens with one attached hydrogen (secondary N) is 1. The molecule has 0 amide bonds. The number of aryl methyl sites for hydroxylation is 1. The Balaban J connectivity index is 0.00000320. The van der Waals surface area contributed by atoms with Crippen molar-refractivity contribution < 1.29 is 4.39 Å². The highest BCUT2D eigenvalue weighted by Crippen LogP contribution is 2.19. The number of halogens is 2. The van der Waals surface area contributed by atoms with Gasteiger partial charge in [0, 0.05) is 39.1 Å². The number of benzene rings is 1. The number of likely N-dealkylation sites (tertiary alicyclic amines) is 1. The van der Waals surface area contributed by atoms with Gasteiger partial charge in [0.1, 0.15) is 5.82 Å². The molecule has 0 unspecified atom stereocenters. The quantitative estimate of drug-likeness (QED) is 0.319. The van der Waals surface area contributed by atoms with E-state index < -0.39 is 0 Å². The molecule has 1 aromatic heterocycles. The zero-order valence-electron chi connectivity index (χ0n) is 18.1. The number of rotatable bonds is 7. The second-order valence-corrected chi connectivity index (χ2v) is 8.66. The third kappa shape index (κ3) is 7.46. The Bertz CT molecular complexity index is 804. The maximum Gasteiger partial charge on any atom is 0.193 e. The highest BCUT2D eigenvalue weighted by Gasteiger charge is 2.20. The van der Waals surface area contributed by atoms with E-state index in [1.165, 1.54) is 29.6 Å². The second kappa shape index (κ2) is 12.6. The molecule has 0 saturated carbocycles. The average Bonchev–Trinajstić information content (AvgIpc) is 3.17. The molecule has 0 atom stereocenters. The molecule has 2 aromatic rings. The minimum Gasteiger partial charge on any atom is -0.356 e. The first-order valence-corrected chi connectivity index (χ1v) is 11.3. The Hall–Kier alpha value is -1.26. The lowest BCUT2D eigenvalue weighted by molar-refractivity contribution is 0.176. The van der Waals surface area contributed by atoms with Crippen LogP contribution in [-0.4, -0.2) is 54.5 Å². The van der Waals surface area contributed by atoms with E-state index in [9.17, 15) is 4.39 Å². The van der Waals surface area contributed by atoms with E-state index in [0.29, 0.717) is 12.5 Å². The van der Waals surface area contributed by atoms with Crippen molar-refractivity contribution in [3.63, 3.8) is 0 Å². The van der Waals surface area contributed by atoms with E-state index in [-0.39, 0.29) is 29.8 Å². The molecule has 1 N–H and O–H groups in total. The number of aromatic nitrogens is 1. The fourth-order valence-electron chi connectivity index (χ4n) is 3.77. The van der Waals surface area contributed by atoms with Crippen LogP contribution in [0, 0.1) is 11.7 Å². The summed E-state index contributed by atoms with van der Waals surface area (Å²) in [5, 5.41) is 6.93. The van der Waals surface area contributed by atoms with Crippen molar-refractivity contribution in [3.8, 4) is 0 Å². The Kier molecular flexibility index (Phi) is 10.5. The Labute approximate surface area is 200 Å². The van der Waals surface area contributed by atoms with E-state index in [0.717, 1.165) is 44.1 Å². The molecule has 2 heterocycles. The fraction of sp³-hybridized carbons (Fsp3) is 0.545. The van der Waals surface area contributed by atoms with Gasteiger partial charge in [-0.15, -0.1) is 35.3 Å². The van der Waals surface area contributed by atoms with Crippen molar-refractivity contribution in [1.82, 2.24) is 20.1 Å². The largest absolute Gasteiger partial charge is 0.356 e. The minimum absolute atomic E-state index is 0. The van der Waals surface area contributed by atoms with Crippen molar-refractivity contribution in [1.29, 1.82) is 0 Å². The van der Waals surface area contributed by atoms with Crippen LogP contribution in [0.15, 0.2) is 34.6 Å². The summed E-state index contributed by atoms with van der Waals surface area (Å²) in [6.07, 6.45) is 3.39. The Morgan fingerprint density at radius 3 is 2.77 bits per heavy atom. The molecule has 3 rings (SSSR count). The Morgan fingerprint density at radius 1 is 1.37 bits per heavy atom. The van der Waals surface area contributed by atoms with E-state index in [4.69, 9.17) is 4.98 Å². The first-order valence-electron chi connectivity index (χ1n) is 10.4. The number of aliphatic imine (C=N–C) groups is 1. The summed E-state index contributed by atoms with van der Waals surface area (Å²) < 4.78 is 13.4. The molecule has 0 radical (unpaired) electrons. The summed E-state index contributed by atoms with van der Waals surface area (Å²) in [7, 11) is 3.78. The molecule has 1 aromatic carbocycles. The lowest BCUT2D eigenvalue weighted by Gasteiger charge is -2.32. The van der Waals surface area contributed by atoms with Crippen LogP contribution in [0.3, 0.4) is 0 Å². The fourth-order valence-corrected chi connectivity index (χ4v) is 4.50. The summed E-state index contributed by atoms with van der Waals surface area (Å²) in [5.74, 6) is 1.30. The minimum atomic E-state index is -0.200. The van der Waals surface area contributed by atoms with Gasteiger partial charge in [0.15, 0.2) is 5.96 Å². The Morgan fingerprint density at radius 2 is 2.13 bits per heavy atom. The van der Waals surface area contributed by atoms with Crippen LogP contribution in [-0.2, 0) is 19.5 Å². The molecule has 1 aliphatic rings. The molecule has 0 aliphatic carbocycles. The van der Waals surface area contributed by atoms with Gasteiger partial charge in [0.25, 0.3) is 0 Å². The van der Waals surface area contributed by atoms with Crippen molar-refractivity contribution in [2.75, 3.05) is 33.7 Å². The number of hydrogen-bond donors (Lipinski definition) is 1. The molecular formula is C22H33FIN5S. The number of thiazole rings is 1. The summed E-state index contributed by atoms with van der Waals surface area (Å²) >= 11 is 1.77. The lowest BCUT2D eigenvalue weighted by Crippen LogP contribution is -2.43. The van der Waals surface area contributed by atoms with Crippen LogP contribution in [0.5, 0.6) is 0 Å². The van der Waals surface area contributed by atoms with E-state index >= 15 is 0 Å². The molecule has 5 nitrogen and oxygen atoms in total. The van der Waals surface area contributed by atoms with Gasteiger partial charge in [-0.05, 0) is 56.0 Å². The topological polar surface area (TPSA) is 43.8 Å². The van der Waals surface area contributed by atoms with Crippen LogP contribution in [0.2, 0.25) is 0 Å². The van der Waals surface area contributed by atoms with Crippen LogP contribution in [0.4, 0.5) is 4.39 Å². The van der Waals surface area contributed by atoms with Crippen molar-refractivity contribution >= 4 is 41.3 Å². The highest BCUT2D eigenvalue weighted by atomic mass is 127. The molecule has 30 heavy (non-hydrogen) atoms. The van der Waals surface area contributed by atoms with Crippen LogP contribution >= 0.6 is 35.3 Å². The average molecular weight is 546 g/mol. The van der Waals surface area contributed by atoms with Crippen LogP contribution in [0.1, 0.15) is 36.0 Å². The van der Waals surface area contributed by atoms with Gasteiger partial charge in [-0.2, -0.15) is 0 Å². The molecule has 166 valence electrons. The maximum atomic E-state index is 13.4. The molecule has 8 heteroatoms. The van der Waals surface area contributed by atoms with Gasteiger partial charge >= 0.3 is 0 Å². The number of nitrogens with zero attached hydrogens (tertiary/aromatic N) is 4. The lowest BCUT2D eigenvalue weighted by atomic mass is 9.97. The van der Waals surface area contributed by atoms with E-state index in [1.807, 2.05) is 18.0 Å². The summed E-state index contributed by atoms with van der Waals surface area (Å²) in [5.41, 5.74) is 2.15. The summed E-state index contributed by atoms with van der Waals surface area (Å²) in [4.78, 5) is 13.6. The van der Waals surface area contributed by atoms with Gasteiger partial charge in [0.2, 0.25) is 0 Å². The van der Waals surface area contributed by atoms with E-state index in [1.54, 1.807) is 30.5 Å². The molecule has 0 bridgehead atoms. The third-order valence-electron chi connectivity index (χ3n) is 5.43. The molecule has 0 spiro atoms. The van der Waals surface area contributed by atoms with Gasteiger partial charge < -0.3 is 10.2 Å². The van der Waals surface area contributed by atoms with Crippen molar-refractivity contribution in [3.05, 3.63) is 51.7 Å². The molecule has 1 saturated heterocycles. The first-order chi connectivity index (χ1) is 14.1. The standard InChI is InChI=1S/C22H32FN5S.HI/c1-4-21-26-20(16-29-21)15-28-10-8-17(9-11-28)13-25-22(24-2)27(3)14-18-6-5-7-19(23)12-18;/h5-7,12,16-17H,4,8-11,13-15H2,1-3H3,(H,24,25);1H. The zero-order chi connectivity index (χ0) is 20.6. The van der Waals surface area contributed by atoms with Crippen LogP contribution in [0.25, 0.3) is 0 Å². The zero-order valence-corrected chi connectivity index (χ0v) is 21.3. The smallest absolute Gasteiger partial charge is 0.193 e. The molecular weight excluding hydrogens is 512 g/mol. The van der Waals surface area contributed by atoms with E-state index in [2.05, 4.69) is 27.5 Å². The van der Waals surface area contributed by atoms with Gasteiger partial charge in [-0.25, -0.2) is 9.37 Å². The summed E-state index contributed by atoms with van der Waals surface area (Å²) in [6, 6.07) is 6.73. The SMILES string of the molecule is CCc1nc(CN2CCC(CNC(=NC)N(C)Cc3cccc(F)c3)CC2)cs1.I. The number of guanidine groups is 1. The van der Waals surface area contributed by atoms with Gasteiger partial charge in [-0.1, -0.05) is 19.1 Å².